The number of halogens is 2. The Kier molecular flexibility index (Phi) is 5.46. The Bertz CT molecular complexity index is 795. The van der Waals surface area contributed by atoms with Crippen LogP contribution in [-0.4, -0.2) is 24.0 Å². The van der Waals surface area contributed by atoms with E-state index in [0.29, 0.717) is 12.5 Å². The fourth-order valence-corrected chi connectivity index (χ4v) is 2.50. The highest BCUT2D eigenvalue weighted by Gasteiger charge is 2.28. The molecule has 3 N–H and O–H groups in total. The van der Waals surface area contributed by atoms with Gasteiger partial charge in [0.15, 0.2) is 0 Å². The van der Waals surface area contributed by atoms with Gasteiger partial charge in [-0.2, -0.15) is 0 Å². The van der Waals surface area contributed by atoms with Crippen LogP contribution in [0.25, 0.3) is 0 Å². The monoisotopic (exact) mass is 359 g/mol. The van der Waals surface area contributed by atoms with Crippen LogP contribution in [0, 0.1) is 11.6 Å². The molecule has 3 amide bonds. The van der Waals surface area contributed by atoms with Gasteiger partial charge >= 0.3 is 6.03 Å². The lowest BCUT2D eigenvalue weighted by molar-refractivity contribution is -0.123. The first kappa shape index (κ1) is 17.8. The Labute approximate surface area is 149 Å². The van der Waals surface area contributed by atoms with Gasteiger partial charge in [0.1, 0.15) is 17.7 Å². The summed E-state index contributed by atoms with van der Waals surface area (Å²) in [6, 6.07) is 10.7. The van der Waals surface area contributed by atoms with Crippen LogP contribution in [0.5, 0.6) is 0 Å². The summed E-state index contributed by atoms with van der Waals surface area (Å²) in [7, 11) is 0. The van der Waals surface area contributed by atoms with Crippen molar-refractivity contribution < 1.29 is 18.4 Å². The van der Waals surface area contributed by atoms with Crippen LogP contribution in [0.15, 0.2) is 48.5 Å². The Morgan fingerprint density at radius 1 is 1.08 bits per heavy atom. The molecule has 2 aromatic carbocycles. The van der Waals surface area contributed by atoms with Crippen molar-refractivity contribution in [2.75, 3.05) is 5.32 Å². The second-order valence-corrected chi connectivity index (χ2v) is 6.25. The minimum Gasteiger partial charge on any atom is -0.352 e. The Morgan fingerprint density at radius 3 is 2.46 bits per heavy atom. The summed E-state index contributed by atoms with van der Waals surface area (Å²) in [5.74, 6) is -1.91. The van der Waals surface area contributed by atoms with Crippen molar-refractivity contribution in [2.45, 2.75) is 31.3 Å². The van der Waals surface area contributed by atoms with E-state index < -0.39 is 23.7 Å². The van der Waals surface area contributed by atoms with E-state index in [1.165, 1.54) is 0 Å². The summed E-state index contributed by atoms with van der Waals surface area (Å²) in [4.78, 5) is 24.6. The molecular weight excluding hydrogens is 340 g/mol. The largest absolute Gasteiger partial charge is 0.352 e. The SMILES string of the molecule is O=C(Nc1ccc(F)cc1F)NC(Cc1ccccc1)C(=O)NC1CC1. The molecule has 1 aliphatic carbocycles. The Hall–Kier alpha value is -2.96. The fraction of sp³-hybridized carbons (Fsp3) is 0.263. The summed E-state index contributed by atoms with van der Waals surface area (Å²) in [6.45, 7) is 0. The summed E-state index contributed by atoms with van der Waals surface area (Å²) < 4.78 is 26.6. The maximum absolute atomic E-state index is 13.7. The highest BCUT2D eigenvalue weighted by Crippen LogP contribution is 2.19. The van der Waals surface area contributed by atoms with Crippen LogP contribution < -0.4 is 16.0 Å². The lowest BCUT2D eigenvalue weighted by atomic mass is 10.1. The lowest BCUT2D eigenvalue weighted by Gasteiger charge is -2.19. The number of anilines is 1. The first-order valence-corrected chi connectivity index (χ1v) is 8.38. The van der Waals surface area contributed by atoms with Crippen LogP contribution in [0.2, 0.25) is 0 Å². The average Bonchev–Trinajstić information content (AvgIpc) is 3.42. The predicted molar refractivity (Wildman–Crippen MR) is 93.6 cm³/mol. The van der Waals surface area contributed by atoms with Gasteiger partial charge in [0.2, 0.25) is 5.91 Å². The molecule has 0 saturated heterocycles. The molecule has 1 atom stereocenters. The maximum atomic E-state index is 13.7. The number of benzene rings is 2. The molecule has 2 aromatic rings. The molecule has 1 aliphatic rings. The van der Waals surface area contributed by atoms with E-state index in [0.717, 1.165) is 30.5 Å². The van der Waals surface area contributed by atoms with Gasteiger partial charge in [0.05, 0.1) is 5.69 Å². The van der Waals surface area contributed by atoms with Crippen molar-refractivity contribution in [3.8, 4) is 0 Å². The minimum atomic E-state index is -0.887. The number of hydrogen-bond acceptors (Lipinski definition) is 2. The summed E-state index contributed by atoms with van der Waals surface area (Å²) in [6.07, 6.45) is 2.16. The van der Waals surface area contributed by atoms with Gasteiger partial charge in [-0.15, -0.1) is 0 Å². The molecular formula is C19H19F2N3O2. The highest BCUT2D eigenvalue weighted by molar-refractivity contribution is 5.94. The second kappa shape index (κ2) is 7.95. The highest BCUT2D eigenvalue weighted by atomic mass is 19.1. The second-order valence-electron chi connectivity index (χ2n) is 6.25. The van der Waals surface area contributed by atoms with Crippen LogP contribution in [0.4, 0.5) is 19.3 Å². The van der Waals surface area contributed by atoms with Crippen molar-refractivity contribution in [1.29, 1.82) is 0 Å². The van der Waals surface area contributed by atoms with E-state index in [1.54, 1.807) is 0 Å². The number of carbonyl (C=O) groups is 2. The zero-order chi connectivity index (χ0) is 18.5. The number of nitrogens with one attached hydrogen (secondary N) is 3. The van der Waals surface area contributed by atoms with Crippen molar-refractivity contribution in [3.05, 3.63) is 65.7 Å². The molecule has 0 aliphatic heterocycles. The molecule has 0 bridgehead atoms. The quantitative estimate of drug-likeness (QED) is 0.742. The van der Waals surface area contributed by atoms with E-state index in [-0.39, 0.29) is 17.6 Å². The molecule has 26 heavy (non-hydrogen) atoms. The van der Waals surface area contributed by atoms with Gasteiger partial charge in [-0.3, -0.25) is 4.79 Å². The van der Waals surface area contributed by atoms with Crippen LogP contribution >= 0.6 is 0 Å². The van der Waals surface area contributed by atoms with Crippen LogP contribution in [-0.2, 0) is 11.2 Å². The van der Waals surface area contributed by atoms with E-state index >= 15 is 0 Å². The van der Waals surface area contributed by atoms with Gasteiger partial charge in [-0.1, -0.05) is 30.3 Å². The van der Waals surface area contributed by atoms with E-state index in [4.69, 9.17) is 0 Å². The molecule has 136 valence electrons. The molecule has 3 rings (SSSR count). The first-order chi connectivity index (χ1) is 12.5. The summed E-state index contributed by atoms with van der Waals surface area (Å²) >= 11 is 0. The smallest absolute Gasteiger partial charge is 0.319 e. The lowest BCUT2D eigenvalue weighted by Crippen LogP contribution is -2.49. The standard InChI is InChI=1S/C19H19F2N3O2/c20-13-6-9-16(15(21)11-13)23-19(26)24-17(18(25)22-14-7-8-14)10-12-4-2-1-3-5-12/h1-6,9,11,14,17H,7-8,10H2,(H,22,25)(H2,23,24,26). The number of urea groups is 1. The molecule has 1 fully saturated rings. The third-order valence-corrected chi connectivity index (χ3v) is 4.01. The van der Waals surface area contributed by atoms with Crippen molar-refractivity contribution in [2.24, 2.45) is 0 Å². The van der Waals surface area contributed by atoms with Crippen molar-refractivity contribution in [3.63, 3.8) is 0 Å². The van der Waals surface area contributed by atoms with Crippen molar-refractivity contribution in [1.82, 2.24) is 10.6 Å². The topological polar surface area (TPSA) is 70.2 Å². The third kappa shape index (κ3) is 5.02. The van der Waals surface area contributed by atoms with Gasteiger partial charge in [0, 0.05) is 18.5 Å². The van der Waals surface area contributed by atoms with Crippen molar-refractivity contribution >= 4 is 17.6 Å². The molecule has 7 heteroatoms. The normalized spacial score (nSPS) is 14.4. The zero-order valence-electron chi connectivity index (χ0n) is 14.0. The molecule has 5 nitrogen and oxygen atoms in total. The van der Waals surface area contributed by atoms with E-state index in [2.05, 4.69) is 16.0 Å². The molecule has 0 aromatic heterocycles. The Morgan fingerprint density at radius 2 is 1.81 bits per heavy atom. The van der Waals surface area contributed by atoms with E-state index in [1.807, 2.05) is 30.3 Å². The molecule has 0 heterocycles. The maximum Gasteiger partial charge on any atom is 0.319 e. The average molecular weight is 359 g/mol. The van der Waals surface area contributed by atoms with Gasteiger partial charge < -0.3 is 16.0 Å². The summed E-state index contributed by atoms with van der Waals surface area (Å²) in [5, 5.41) is 7.73. The van der Waals surface area contributed by atoms with Crippen LogP contribution in [0.3, 0.4) is 0 Å². The number of carbonyl (C=O) groups excluding carboxylic acids is 2. The van der Waals surface area contributed by atoms with Gasteiger partial charge in [0.25, 0.3) is 0 Å². The number of hydrogen-bond donors (Lipinski definition) is 3. The zero-order valence-corrected chi connectivity index (χ0v) is 14.0. The minimum absolute atomic E-state index is 0.153. The first-order valence-electron chi connectivity index (χ1n) is 8.38. The van der Waals surface area contributed by atoms with Gasteiger partial charge in [-0.05, 0) is 30.5 Å². The molecule has 1 unspecified atom stereocenters. The number of amides is 3. The van der Waals surface area contributed by atoms with Gasteiger partial charge in [-0.25, -0.2) is 13.6 Å². The molecule has 1 saturated carbocycles. The fourth-order valence-electron chi connectivity index (χ4n) is 2.50. The Balaban J connectivity index is 1.67. The van der Waals surface area contributed by atoms with E-state index in [9.17, 15) is 18.4 Å². The van der Waals surface area contributed by atoms with Crippen LogP contribution in [0.1, 0.15) is 18.4 Å². The molecule has 0 spiro atoms. The third-order valence-electron chi connectivity index (χ3n) is 4.01. The molecule has 0 radical (unpaired) electrons. The summed E-state index contributed by atoms with van der Waals surface area (Å²) in [5.41, 5.74) is 0.724. The predicted octanol–water partition coefficient (Wildman–Crippen LogP) is 2.98. The number of rotatable bonds is 6.